The van der Waals surface area contributed by atoms with Crippen molar-refractivity contribution >= 4 is 17.1 Å². The van der Waals surface area contributed by atoms with Gasteiger partial charge in [0.15, 0.2) is 11.5 Å². The molecule has 0 saturated heterocycles. The Hall–Kier alpha value is -5.28. The van der Waals surface area contributed by atoms with Crippen molar-refractivity contribution < 1.29 is 9.47 Å². The second-order valence-corrected chi connectivity index (χ2v) is 10.5. The molecule has 3 aliphatic rings. The number of anilines is 3. The van der Waals surface area contributed by atoms with Crippen molar-refractivity contribution in [2.75, 3.05) is 4.90 Å². The zero-order valence-electron chi connectivity index (χ0n) is 23.5. The summed E-state index contributed by atoms with van der Waals surface area (Å²) in [4.78, 5) is 2.39. The highest BCUT2D eigenvalue weighted by Crippen LogP contribution is 2.66. The van der Waals surface area contributed by atoms with Gasteiger partial charge in [-0.3, -0.25) is 0 Å². The van der Waals surface area contributed by atoms with Crippen LogP contribution in [0, 0.1) is 0 Å². The Morgan fingerprint density at radius 3 is 1.74 bits per heavy atom. The van der Waals surface area contributed by atoms with Gasteiger partial charge in [-0.1, -0.05) is 111 Å². The van der Waals surface area contributed by atoms with Crippen LogP contribution in [-0.4, -0.2) is 0 Å². The van der Waals surface area contributed by atoms with E-state index in [1.165, 1.54) is 22.3 Å². The topological polar surface area (TPSA) is 21.7 Å². The first-order valence-corrected chi connectivity index (χ1v) is 14.6. The molecule has 0 radical (unpaired) electrons. The monoisotopic (exact) mass is 543 g/mol. The van der Waals surface area contributed by atoms with Crippen LogP contribution in [0.15, 0.2) is 140 Å². The van der Waals surface area contributed by atoms with E-state index in [9.17, 15) is 0 Å². The van der Waals surface area contributed by atoms with Crippen molar-refractivity contribution in [2.24, 2.45) is 0 Å². The summed E-state index contributed by atoms with van der Waals surface area (Å²) in [5, 5.41) is 0. The predicted octanol–water partition coefficient (Wildman–Crippen LogP) is 10.8. The molecule has 1 spiro atoms. The summed E-state index contributed by atoms with van der Waals surface area (Å²) in [6.45, 7) is 4.00. The van der Waals surface area contributed by atoms with Gasteiger partial charge in [-0.05, 0) is 64.7 Å². The lowest BCUT2D eigenvalue weighted by Gasteiger charge is -2.50. The molecule has 0 atom stereocenters. The molecule has 0 saturated carbocycles. The summed E-state index contributed by atoms with van der Waals surface area (Å²) in [5.41, 5.74) is 9.69. The smallest absolute Gasteiger partial charge is 0.151 e. The maximum atomic E-state index is 6.57. The van der Waals surface area contributed by atoms with Crippen LogP contribution >= 0.6 is 0 Å². The van der Waals surface area contributed by atoms with Crippen molar-refractivity contribution in [3.8, 4) is 34.1 Å². The van der Waals surface area contributed by atoms with Crippen LogP contribution in [-0.2, 0) is 5.41 Å². The highest BCUT2D eigenvalue weighted by molar-refractivity contribution is 5.97. The van der Waals surface area contributed by atoms with E-state index in [0.717, 1.165) is 51.2 Å². The lowest BCUT2D eigenvalue weighted by atomic mass is 9.60. The molecule has 0 unspecified atom stereocenters. The van der Waals surface area contributed by atoms with Crippen LogP contribution in [0.5, 0.6) is 23.0 Å². The van der Waals surface area contributed by atoms with Gasteiger partial charge in [-0.25, -0.2) is 0 Å². The van der Waals surface area contributed by atoms with Gasteiger partial charge in [0.1, 0.15) is 11.5 Å². The molecule has 6 aromatic carbocycles. The van der Waals surface area contributed by atoms with Crippen molar-refractivity contribution in [3.63, 3.8) is 0 Å². The number of para-hydroxylation sites is 5. The zero-order chi connectivity index (χ0) is 28.3. The Balaban J connectivity index is 0.00000131. The van der Waals surface area contributed by atoms with E-state index in [1.54, 1.807) is 0 Å². The fourth-order valence-corrected chi connectivity index (χ4v) is 6.92. The molecule has 3 aliphatic heterocycles. The van der Waals surface area contributed by atoms with Crippen molar-refractivity contribution in [1.82, 2.24) is 0 Å². The van der Waals surface area contributed by atoms with Gasteiger partial charge in [0.05, 0.1) is 22.5 Å². The van der Waals surface area contributed by atoms with Crippen molar-refractivity contribution in [3.05, 3.63) is 162 Å². The lowest BCUT2D eigenvalue weighted by Crippen LogP contribution is -2.40. The van der Waals surface area contributed by atoms with E-state index in [2.05, 4.69) is 132 Å². The van der Waals surface area contributed by atoms with Gasteiger partial charge in [0, 0.05) is 11.1 Å². The summed E-state index contributed by atoms with van der Waals surface area (Å²) in [6.07, 6.45) is 0. The quantitative estimate of drug-likeness (QED) is 0.206. The third kappa shape index (κ3) is 3.22. The maximum absolute atomic E-state index is 6.57. The minimum absolute atomic E-state index is 0.608. The Kier molecular flexibility index (Phi) is 5.48. The molecule has 0 fully saturated rings. The molecule has 0 amide bonds. The average molecular weight is 544 g/mol. The number of hydrogen-bond acceptors (Lipinski definition) is 3. The summed E-state index contributed by atoms with van der Waals surface area (Å²) < 4.78 is 13.1. The van der Waals surface area contributed by atoms with Crippen LogP contribution in [0.1, 0.15) is 36.1 Å². The number of fused-ring (bicyclic) bond motifs is 10. The number of hydrogen-bond donors (Lipinski definition) is 0. The van der Waals surface area contributed by atoms with Gasteiger partial charge in [0.25, 0.3) is 0 Å². The second kappa shape index (κ2) is 9.39. The maximum Gasteiger partial charge on any atom is 0.151 e. The molecule has 42 heavy (non-hydrogen) atoms. The van der Waals surface area contributed by atoms with Gasteiger partial charge >= 0.3 is 0 Å². The van der Waals surface area contributed by atoms with E-state index >= 15 is 0 Å². The molecule has 3 nitrogen and oxygen atoms in total. The molecule has 0 bridgehead atoms. The van der Waals surface area contributed by atoms with E-state index < -0.39 is 5.41 Å². The van der Waals surface area contributed by atoms with Crippen molar-refractivity contribution in [1.29, 1.82) is 0 Å². The van der Waals surface area contributed by atoms with Crippen LogP contribution in [0.2, 0.25) is 0 Å². The average Bonchev–Trinajstić information content (AvgIpc) is 3.07. The molecule has 3 heterocycles. The molecular formula is C39H29NO2. The van der Waals surface area contributed by atoms with E-state index in [4.69, 9.17) is 9.47 Å². The molecule has 3 heteroatoms. The Bertz CT molecular complexity index is 1930. The van der Waals surface area contributed by atoms with Gasteiger partial charge in [-0.2, -0.15) is 0 Å². The third-order valence-corrected chi connectivity index (χ3v) is 8.50. The molecule has 0 aromatic heterocycles. The van der Waals surface area contributed by atoms with Crippen LogP contribution in [0.25, 0.3) is 11.1 Å². The lowest BCUT2D eigenvalue weighted by molar-refractivity contribution is 0.431. The van der Waals surface area contributed by atoms with Gasteiger partial charge in [-0.15, -0.1) is 0 Å². The third-order valence-electron chi connectivity index (χ3n) is 8.50. The normalized spacial score (nSPS) is 14.0. The fraction of sp³-hybridized carbons (Fsp3) is 0.0769. The number of ether oxygens (including phenoxy) is 2. The van der Waals surface area contributed by atoms with Crippen LogP contribution in [0.3, 0.4) is 0 Å². The first kappa shape index (κ1) is 24.5. The Morgan fingerprint density at radius 2 is 1.00 bits per heavy atom. The standard InChI is InChI=1S/C37H23NO2.C2H6/c1-2-11-24(12-3-1)25-21-22-30-29(23-25)37(26-13-4-7-17-32(26)39-33-18-8-5-14-27(33)37)28-15-10-20-35-36(28)38(30)31-16-6-9-19-34(31)40-35;1-2/h1-23H;1-2H3. The molecule has 0 N–H and O–H groups in total. The van der Waals surface area contributed by atoms with Crippen molar-refractivity contribution in [2.45, 2.75) is 19.3 Å². The van der Waals surface area contributed by atoms with E-state index in [0.29, 0.717) is 0 Å². The summed E-state index contributed by atoms with van der Waals surface area (Å²) in [5.74, 6) is 3.46. The highest BCUT2D eigenvalue weighted by atomic mass is 16.5. The SMILES string of the molecule is CC.c1ccc(-c2ccc3c(c2)C2(c4ccccc4Oc4ccccc42)c2cccc4c2N3c2ccccc2O4)cc1. The molecule has 9 rings (SSSR count). The Morgan fingerprint density at radius 1 is 0.429 bits per heavy atom. The van der Waals surface area contributed by atoms with E-state index in [-0.39, 0.29) is 0 Å². The fourth-order valence-electron chi connectivity index (χ4n) is 6.92. The Labute approximate surface area is 246 Å². The number of nitrogens with zero attached hydrogens (tertiary/aromatic N) is 1. The minimum atomic E-state index is -0.608. The molecule has 6 aromatic rings. The number of benzene rings is 6. The molecular weight excluding hydrogens is 514 g/mol. The van der Waals surface area contributed by atoms with Crippen LogP contribution in [0.4, 0.5) is 17.1 Å². The summed E-state index contributed by atoms with van der Waals surface area (Å²) >= 11 is 0. The highest BCUT2D eigenvalue weighted by Gasteiger charge is 2.52. The van der Waals surface area contributed by atoms with Crippen LogP contribution < -0.4 is 14.4 Å². The zero-order valence-corrected chi connectivity index (χ0v) is 23.5. The number of rotatable bonds is 1. The molecule has 0 aliphatic carbocycles. The summed E-state index contributed by atoms with van der Waals surface area (Å²) in [7, 11) is 0. The minimum Gasteiger partial charge on any atom is -0.457 e. The summed E-state index contributed by atoms with van der Waals surface area (Å²) in [6, 6.07) is 49.2. The van der Waals surface area contributed by atoms with E-state index in [1.807, 2.05) is 26.0 Å². The predicted molar refractivity (Wildman–Crippen MR) is 170 cm³/mol. The largest absolute Gasteiger partial charge is 0.457 e. The first-order chi connectivity index (χ1) is 20.8. The second-order valence-electron chi connectivity index (χ2n) is 10.5. The molecule has 202 valence electrons. The first-order valence-electron chi connectivity index (χ1n) is 14.6. The van der Waals surface area contributed by atoms with Gasteiger partial charge in [0.2, 0.25) is 0 Å². The van der Waals surface area contributed by atoms with Gasteiger partial charge < -0.3 is 14.4 Å².